The molecule has 3 aromatic heterocycles. The third-order valence-corrected chi connectivity index (χ3v) is 6.30. The molecule has 0 aliphatic heterocycles. The number of nitrogens with two attached hydrogens (primary N) is 1. The lowest BCUT2D eigenvalue weighted by molar-refractivity contribution is 0.636. The molecule has 4 aromatic rings. The van der Waals surface area contributed by atoms with Gasteiger partial charge >= 0.3 is 0 Å². The molecule has 0 unspecified atom stereocenters. The van der Waals surface area contributed by atoms with E-state index in [0.717, 1.165) is 36.9 Å². The Balaban J connectivity index is 1.78. The summed E-state index contributed by atoms with van der Waals surface area (Å²) in [5.74, 6) is 0.530. The van der Waals surface area contributed by atoms with E-state index in [0.29, 0.717) is 39.4 Å². The van der Waals surface area contributed by atoms with Crippen molar-refractivity contribution in [3.8, 4) is 11.1 Å². The molecule has 0 saturated heterocycles. The van der Waals surface area contributed by atoms with Crippen LogP contribution >= 0.6 is 0 Å². The molecule has 6 rings (SSSR count). The molecular weight excluding hydrogens is 369 g/mol. The maximum absolute atomic E-state index is 14.2. The molecule has 3 heterocycles. The van der Waals surface area contributed by atoms with Crippen LogP contribution in [0.4, 0.5) is 10.1 Å². The number of anilines is 1. The number of rotatable bonds is 3. The fraction of sp³-hybridized carbons (Fsp3) is 0.318. The average molecular weight is 389 g/mol. The highest BCUT2D eigenvalue weighted by Gasteiger charge is 2.35. The summed E-state index contributed by atoms with van der Waals surface area (Å²) >= 11 is 0. The van der Waals surface area contributed by atoms with Crippen LogP contribution in [0, 0.1) is 12.7 Å². The second kappa shape index (κ2) is 5.65. The quantitative estimate of drug-likeness (QED) is 0.488. The number of nitrogen functional groups attached to an aromatic ring is 1. The van der Waals surface area contributed by atoms with Gasteiger partial charge in [-0.1, -0.05) is 6.07 Å². The smallest absolute Gasteiger partial charge is 0.272 e. The van der Waals surface area contributed by atoms with Gasteiger partial charge in [0.15, 0.2) is 0 Å². The summed E-state index contributed by atoms with van der Waals surface area (Å²) in [4.78, 5) is 20.8. The summed E-state index contributed by atoms with van der Waals surface area (Å²) in [6, 6.07) is 3.03. The Hall–Kier alpha value is -3.22. The zero-order valence-corrected chi connectivity index (χ0v) is 16.0. The molecule has 29 heavy (non-hydrogen) atoms. The van der Waals surface area contributed by atoms with Crippen LogP contribution in [0.15, 0.2) is 23.1 Å². The number of fused-ring (bicyclic) bond motifs is 2. The fourth-order valence-corrected chi connectivity index (χ4v) is 4.57. The molecule has 4 N–H and O–H groups in total. The van der Waals surface area contributed by atoms with Crippen LogP contribution in [-0.4, -0.2) is 20.2 Å². The second-order valence-electron chi connectivity index (χ2n) is 8.30. The lowest BCUT2D eigenvalue weighted by atomic mass is 9.94. The highest BCUT2D eigenvalue weighted by atomic mass is 19.1. The summed E-state index contributed by atoms with van der Waals surface area (Å²) < 4.78 is 14.2. The largest absolute Gasteiger partial charge is 0.394 e. The highest BCUT2D eigenvalue weighted by molar-refractivity contribution is 6.07. The Labute approximate surface area is 165 Å². The predicted molar refractivity (Wildman–Crippen MR) is 111 cm³/mol. The van der Waals surface area contributed by atoms with Gasteiger partial charge in [0.25, 0.3) is 5.56 Å². The summed E-state index contributed by atoms with van der Waals surface area (Å²) in [7, 11) is 0. The zero-order chi connectivity index (χ0) is 19.9. The number of H-pyrrole nitrogens is 2. The van der Waals surface area contributed by atoms with E-state index < -0.39 is 5.82 Å². The van der Waals surface area contributed by atoms with Gasteiger partial charge < -0.3 is 10.7 Å². The minimum absolute atomic E-state index is 0.103. The third-order valence-electron chi connectivity index (χ3n) is 6.30. The Bertz CT molecular complexity index is 1380. The lowest BCUT2D eigenvalue weighted by Crippen LogP contribution is -2.16. The van der Waals surface area contributed by atoms with Crippen LogP contribution in [0.5, 0.6) is 0 Å². The monoisotopic (exact) mass is 389 g/mol. The van der Waals surface area contributed by atoms with Gasteiger partial charge in [-0.2, -0.15) is 5.10 Å². The van der Waals surface area contributed by atoms with E-state index in [2.05, 4.69) is 22.1 Å². The van der Waals surface area contributed by atoms with E-state index in [9.17, 15) is 9.18 Å². The molecule has 0 atom stereocenters. The first-order chi connectivity index (χ1) is 14.0. The maximum Gasteiger partial charge on any atom is 0.272 e. The molecule has 0 radical (unpaired) electrons. The fourth-order valence-electron chi connectivity index (χ4n) is 4.57. The molecule has 2 saturated carbocycles. The molecule has 0 bridgehead atoms. The van der Waals surface area contributed by atoms with E-state index in [1.54, 1.807) is 12.3 Å². The topological polar surface area (TPSA) is 100 Å². The Morgan fingerprint density at radius 1 is 1.14 bits per heavy atom. The van der Waals surface area contributed by atoms with Gasteiger partial charge in [-0.05, 0) is 61.3 Å². The summed E-state index contributed by atoms with van der Waals surface area (Å²) in [5, 5.41) is 7.28. The number of hydrogen-bond donors (Lipinski definition) is 3. The van der Waals surface area contributed by atoms with Crippen LogP contribution in [0.1, 0.15) is 54.3 Å². The zero-order valence-electron chi connectivity index (χ0n) is 16.0. The van der Waals surface area contributed by atoms with E-state index in [1.165, 1.54) is 17.2 Å². The van der Waals surface area contributed by atoms with Crippen molar-refractivity contribution in [1.29, 1.82) is 0 Å². The van der Waals surface area contributed by atoms with Crippen molar-refractivity contribution in [2.24, 2.45) is 0 Å². The molecule has 6 nitrogen and oxygen atoms in total. The van der Waals surface area contributed by atoms with Crippen LogP contribution < -0.4 is 11.3 Å². The van der Waals surface area contributed by atoms with Gasteiger partial charge in [0, 0.05) is 22.6 Å². The average Bonchev–Trinajstić information content (AvgIpc) is 3.63. The minimum atomic E-state index is -0.393. The van der Waals surface area contributed by atoms with E-state index in [-0.39, 0.29) is 11.2 Å². The molecular formula is C22H20FN5O. The molecule has 2 fully saturated rings. The van der Waals surface area contributed by atoms with Crippen molar-refractivity contribution in [2.45, 2.75) is 44.4 Å². The first-order valence-electron chi connectivity index (χ1n) is 10.0. The number of nitrogens with zero attached hydrogens (tertiary/aromatic N) is 2. The van der Waals surface area contributed by atoms with Crippen molar-refractivity contribution in [3.05, 3.63) is 51.3 Å². The number of aromatic nitrogens is 4. The Kier molecular flexibility index (Phi) is 3.26. The molecule has 1 aromatic carbocycles. The van der Waals surface area contributed by atoms with Crippen molar-refractivity contribution < 1.29 is 4.39 Å². The Morgan fingerprint density at radius 2 is 1.90 bits per heavy atom. The number of nitrogens with one attached hydrogen (secondary N) is 2. The minimum Gasteiger partial charge on any atom is -0.394 e. The molecule has 146 valence electrons. The standard InChI is InChI=1S/C22H20FN5O/c1-9-15(10-2-3-10)20-21(26-18(9)11-4-5-11)16(17(24)22(29)27-20)12-6-7-14(23)19-13(12)8-25-28-19/h6-8,10-11H,2-5,24H2,1H3,(H,25,28)(H,27,29). The first-order valence-corrected chi connectivity index (χ1v) is 10.0. The van der Waals surface area contributed by atoms with Gasteiger partial charge in [0.05, 0.1) is 17.2 Å². The number of aromatic amines is 2. The summed E-state index contributed by atoms with van der Waals surface area (Å²) in [5.41, 5.74) is 12.6. The van der Waals surface area contributed by atoms with Gasteiger partial charge in [0.2, 0.25) is 0 Å². The predicted octanol–water partition coefficient (Wildman–Crippen LogP) is 4.25. The van der Waals surface area contributed by atoms with Gasteiger partial charge in [-0.15, -0.1) is 0 Å². The first kappa shape index (κ1) is 16.7. The van der Waals surface area contributed by atoms with Crippen molar-refractivity contribution in [2.75, 3.05) is 5.73 Å². The highest BCUT2D eigenvalue weighted by Crippen LogP contribution is 2.50. The summed E-state index contributed by atoms with van der Waals surface area (Å²) in [6.07, 6.45) is 6.08. The van der Waals surface area contributed by atoms with E-state index in [1.807, 2.05) is 0 Å². The van der Waals surface area contributed by atoms with E-state index in [4.69, 9.17) is 10.7 Å². The van der Waals surface area contributed by atoms with Gasteiger partial charge in [0.1, 0.15) is 17.0 Å². The van der Waals surface area contributed by atoms with Crippen LogP contribution in [0.2, 0.25) is 0 Å². The second-order valence-corrected chi connectivity index (χ2v) is 8.30. The van der Waals surface area contributed by atoms with Crippen molar-refractivity contribution in [1.82, 2.24) is 20.2 Å². The lowest BCUT2D eigenvalue weighted by Gasteiger charge is -2.17. The van der Waals surface area contributed by atoms with Crippen LogP contribution in [0.3, 0.4) is 0 Å². The number of hydrogen-bond acceptors (Lipinski definition) is 4. The van der Waals surface area contributed by atoms with E-state index >= 15 is 0 Å². The molecule has 7 heteroatoms. The van der Waals surface area contributed by atoms with Gasteiger partial charge in [-0.3, -0.25) is 9.89 Å². The van der Waals surface area contributed by atoms with Crippen molar-refractivity contribution >= 4 is 27.6 Å². The molecule has 0 spiro atoms. The third kappa shape index (κ3) is 2.36. The van der Waals surface area contributed by atoms with Crippen LogP contribution in [-0.2, 0) is 0 Å². The van der Waals surface area contributed by atoms with Gasteiger partial charge in [-0.25, -0.2) is 9.37 Å². The number of halogens is 1. The number of pyridine rings is 2. The normalized spacial score (nSPS) is 16.8. The molecule has 2 aliphatic carbocycles. The SMILES string of the molecule is Cc1c(C2CC2)nc2c(-c3ccc(F)c4[nH]ncc34)c(N)c(=O)[nH]c2c1C1CC1. The number of benzene rings is 1. The maximum atomic E-state index is 14.2. The Morgan fingerprint density at radius 3 is 2.62 bits per heavy atom. The summed E-state index contributed by atoms with van der Waals surface area (Å²) in [6.45, 7) is 2.12. The van der Waals surface area contributed by atoms with Crippen LogP contribution in [0.25, 0.3) is 33.1 Å². The van der Waals surface area contributed by atoms with Crippen molar-refractivity contribution in [3.63, 3.8) is 0 Å². The molecule has 0 amide bonds. The molecule has 2 aliphatic rings.